The number of ether oxygens (including phenoxy) is 1. The maximum absolute atomic E-state index is 13.3. The Kier molecular flexibility index (Phi) is 8.16. The minimum Gasteiger partial charge on any atom is -0.378 e. The fourth-order valence-electron chi connectivity index (χ4n) is 4.98. The van der Waals surface area contributed by atoms with Crippen molar-refractivity contribution >= 4 is 11.8 Å². The van der Waals surface area contributed by atoms with E-state index in [0.29, 0.717) is 32.5 Å². The summed E-state index contributed by atoms with van der Waals surface area (Å²) in [5.41, 5.74) is 3.50. The molecule has 0 saturated carbocycles. The first-order valence-corrected chi connectivity index (χ1v) is 12.5. The molecule has 0 N–H and O–H groups in total. The Hall–Kier alpha value is -2.66. The molecule has 33 heavy (non-hydrogen) atoms. The van der Waals surface area contributed by atoms with Crippen LogP contribution in [0.2, 0.25) is 0 Å². The largest absolute Gasteiger partial charge is 0.378 e. The Morgan fingerprint density at radius 1 is 1.03 bits per heavy atom. The Balaban J connectivity index is 1.43. The van der Waals surface area contributed by atoms with Crippen LogP contribution in [0.4, 0.5) is 0 Å². The summed E-state index contributed by atoms with van der Waals surface area (Å²) in [6.45, 7) is 5.42. The third-order valence-electron chi connectivity index (χ3n) is 6.84. The number of nitrogens with zero attached hydrogens (tertiary/aromatic N) is 2. The van der Waals surface area contributed by atoms with Crippen LogP contribution in [0.3, 0.4) is 0 Å². The predicted octanol–water partition coefficient (Wildman–Crippen LogP) is 4.55. The maximum atomic E-state index is 13.3. The summed E-state index contributed by atoms with van der Waals surface area (Å²) < 4.78 is 5.69. The highest BCUT2D eigenvalue weighted by Crippen LogP contribution is 2.23. The zero-order valence-corrected chi connectivity index (χ0v) is 19.7. The minimum atomic E-state index is -0.201. The van der Waals surface area contributed by atoms with Gasteiger partial charge in [-0.3, -0.25) is 9.59 Å². The highest BCUT2D eigenvalue weighted by atomic mass is 16.5. The summed E-state index contributed by atoms with van der Waals surface area (Å²) in [4.78, 5) is 30.2. The molecular formula is C28H36N2O3. The molecule has 4 rings (SSSR count). The number of benzene rings is 2. The van der Waals surface area contributed by atoms with Gasteiger partial charge in [0, 0.05) is 39.2 Å². The lowest BCUT2D eigenvalue weighted by molar-refractivity contribution is -0.135. The number of carbonyl (C=O) groups excluding carboxylic acids is 2. The van der Waals surface area contributed by atoms with E-state index in [2.05, 4.69) is 43.3 Å². The van der Waals surface area contributed by atoms with Crippen molar-refractivity contribution in [1.29, 1.82) is 0 Å². The second kappa shape index (κ2) is 11.5. The molecule has 5 heteroatoms. The van der Waals surface area contributed by atoms with Crippen molar-refractivity contribution in [2.75, 3.05) is 32.8 Å². The van der Waals surface area contributed by atoms with Crippen molar-refractivity contribution in [3.05, 3.63) is 60.2 Å². The first-order chi connectivity index (χ1) is 16.1. The molecule has 0 aliphatic carbocycles. The van der Waals surface area contributed by atoms with E-state index in [1.54, 1.807) is 0 Å². The van der Waals surface area contributed by atoms with Crippen molar-refractivity contribution in [3.8, 4) is 11.1 Å². The zero-order chi connectivity index (χ0) is 23.0. The van der Waals surface area contributed by atoms with Crippen molar-refractivity contribution in [2.45, 2.75) is 51.6 Å². The van der Waals surface area contributed by atoms with Crippen molar-refractivity contribution in [2.24, 2.45) is 5.92 Å². The van der Waals surface area contributed by atoms with Gasteiger partial charge < -0.3 is 14.5 Å². The van der Waals surface area contributed by atoms with Crippen molar-refractivity contribution < 1.29 is 14.3 Å². The molecule has 2 aliphatic rings. The first-order valence-electron chi connectivity index (χ1n) is 12.5. The normalized spacial score (nSPS) is 21.3. The number of carbonyl (C=O) groups is 2. The Morgan fingerprint density at radius 3 is 2.48 bits per heavy atom. The zero-order valence-electron chi connectivity index (χ0n) is 19.7. The fraction of sp³-hybridized carbons (Fsp3) is 0.500. The van der Waals surface area contributed by atoms with E-state index in [0.717, 1.165) is 44.4 Å². The minimum absolute atomic E-state index is 0.154. The van der Waals surface area contributed by atoms with Crippen LogP contribution in [0, 0.1) is 5.92 Å². The van der Waals surface area contributed by atoms with E-state index in [4.69, 9.17) is 4.74 Å². The quantitative estimate of drug-likeness (QED) is 0.595. The molecule has 0 bridgehead atoms. The van der Waals surface area contributed by atoms with Gasteiger partial charge in [0.25, 0.3) is 0 Å². The maximum Gasteiger partial charge on any atom is 0.227 e. The average Bonchev–Trinajstić information content (AvgIpc) is 3.33. The fourth-order valence-corrected chi connectivity index (χ4v) is 4.98. The van der Waals surface area contributed by atoms with E-state index in [1.165, 1.54) is 11.1 Å². The molecular weight excluding hydrogens is 412 g/mol. The van der Waals surface area contributed by atoms with Crippen LogP contribution in [-0.4, -0.2) is 60.5 Å². The molecule has 0 unspecified atom stereocenters. The first kappa shape index (κ1) is 23.5. The van der Waals surface area contributed by atoms with Gasteiger partial charge in [-0.25, -0.2) is 0 Å². The van der Waals surface area contributed by atoms with E-state index < -0.39 is 0 Å². The van der Waals surface area contributed by atoms with Crippen LogP contribution in [0.1, 0.15) is 44.6 Å². The van der Waals surface area contributed by atoms with Crippen molar-refractivity contribution in [1.82, 2.24) is 9.80 Å². The predicted molar refractivity (Wildman–Crippen MR) is 131 cm³/mol. The van der Waals surface area contributed by atoms with Gasteiger partial charge in [0.05, 0.1) is 12.0 Å². The molecule has 2 heterocycles. The molecule has 2 fully saturated rings. The molecule has 5 nitrogen and oxygen atoms in total. The lowest BCUT2D eigenvalue weighted by Gasteiger charge is -2.24. The Labute approximate surface area is 197 Å². The van der Waals surface area contributed by atoms with Gasteiger partial charge >= 0.3 is 0 Å². The van der Waals surface area contributed by atoms with E-state index in [9.17, 15) is 9.59 Å². The molecule has 0 aromatic heterocycles. The summed E-state index contributed by atoms with van der Waals surface area (Å²) in [5.74, 6) is 0.132. The van der Waals surface area contributed by atoms with Crippen LogP contribution in [-0.2, 0) is 20.7 Å². The van der Waals surface area contributed by atoms with E-state index >= 15 is 0 Å². The Morgan fingerprint density at radius 2 is 1.79 bits per heavy atom. The van der Waals surface area contributed by atoms with Gasteiger partial charge in [-0.15, -0.1) is 0 Å². The molecule has 2 amide bonds. The number of hydrogen-bond donors (Lipinski definition) is 0. The number of rotatable bonds is 8. The summed E-state index contributed by atoms with van der Waals surface area (Å²) in [5, 5.41) is 0. The summed E-state index contributed by atoms with van der Waals surface area (Å²) in [6, 6.07) is 18.8. The molecule has 2 aliphatic heterocycles. The molecule has 0 spiro atoms. The average molecular weight is 449 g/mol. The molecule has 2 aromatic carbocycles. The van der Waals surface area contributed by atoms with Gasteiger partial charge in [-0.05, 0) is 48.8 Å². The number of amides is 2. The highest BCUT2D eigenvalue weighted by Gasteiger charge is 2.32. The van der Waals surface area contributed by atoms with Gasteiger partial charge in [-0.2, -0.15) is 0 Å². The van der Waals surface area contributed by atoms with Crippen LogP contribution in [0.25, 0.3) is 11.1 Å². The van der Waals surface area contributed by atoms with Crippen molar-refractivity contribution in [3.63, 3.8) is 0 Å². The molecule has 0 radical (unpaired) electrons. The lowest BCUT2D eigenvalue weighted by Crippen LogP contribution is -2.38. The second-order valence-corrected chi connectivity index (χ2v) is 9.30. The van der Waals surface area contributed by atoms with Crippen LogP contribution >= 0.6 is 0 Å². The van der Waals surface area contributed by atoms with E-state index in [1.807, 2.05) is 28.0 Å². The van der Waals surface area contributed by atoms with Crippen LogP contribution < -0.4 is 0 Å². The van der Waals surface area contributed by atoms with Crippen LogP contribution in [0.5, 0.6) is 0 Å². The summed E-state index contributed by atoms with van der Waals surface area (Å²) >= 11 is 0. The van der Waals surface area contributed by atoms with Gasteiger partial charge in [0.2, 0.25) is 11.8 Å². The number of hydrogen-bond acceptors (Lipinski definition) is 3. The third-order valence-corrected chi connectivity index (χ3v) is 6.84. The van der Waals surface area contributed by atoms with Gasteiger partial charge in [0.1, 0.15) is 0 Å². The highest BCUT2D eigenvalue weighted by molar-refractivity contribution is 5.82. The molecule has 176 valence electrons. The Bertz CT molecular complexity index is 906. The van der Waals surface area contributed by atoms with Gasteiger partial charge in [0.15, 0.2) is 0 Å². The lowest BCUT2D eigenvalue weighted by atomic mass is 9.95. The molecule has 2 aromatic rings. The van der Waals surface area contributed by atoms with E-state index in [-0.39, 0.29) is 23.8 Å². The standard InChI is InChI=1S/C28H36N2O3/c1-2-16-29-17-18-30(27(31)15-14-26-9-6-19-33-26)21-25(28(29)32)20-22-10-12-24(13-11-22)23-7-4-3-5-8-23/h3-5,7-8,10-13,25-26H,2,6,9,14-21H2,1H3/t25-,26+/m1/s1. The molecule has 2 saturated heterocycles. The summed E-state index contributed by atoms with van der Waals surface area (Å²) in [6.07, 6.45) is 5.24. The SMILES string of the molecule is CCCN1CCN(C(=O)CC[C@@H]2CCCO2)C[C@@H](Cc2ccc(-c3ccccc3)cc2)C1=O. The monoisotopic (exact) mass is 448 g/mol. The summed E-state index contributed by atoms with van der Waals surface area (Å²) in [7, 11) is 0. The smallest absolute Gasteiger partial charge is 0.227 e. The molecule has 2 atom stereocenters. The topological polar surface area (TPSA) is 49.9 Å². The third kappa shape index (κ3) is 6.23. The second-order valence-electron chi connectivity index (χ2n) is 9.30. The van der Waals surface area contributed by atoms with Crippen LogP contribution in [0.15, 0.2) is 54.6 Å². The van der Waals surface area contributed by atoms with Gasteiger partial charge in [-0.1, -0.05) is 61.5 Å².